The van der Waals surface area contributed by atoms with E-state index in [1.165, 1.54) is 17.7 Å². The molecule has 1 saturated carbocycles. The number of carbonyl (C=O) groups excluding carboxylic acids is 1. The van der Waals surface area contributed by atoms with Crippen molar-refractivity contribution >= 4 is 22.3 Å². The first-order valence-electron chi connectivity index (χ1n) is 10.3. The molecule has 2 heterocycles. The lowest BCUT2D eigenvalue weighted by Gasteiger charge is -2.34. The summed E-state index contributed by atoms with van der Waals surface area (Å²) < 4.78 is 0. The Labute approximate surface area is 175 Å². The summed E-state index contributed by atoms with van der Waals surface area (Å²) in [5.74, 6) is 1.46. The molecule has 0 atom stereocenters. The molecule has 5 nitrogen and oxygen atoms in total. The van der Waals surface area contributed by atoms with Gasteiger partial charge in [0.1, 0.15) is 5.78 Å². The molecule has 1 aliphatic carbocycles. The summed E-state index contributed by atoms with van der Waals surface area (Å²) in [7, 11) is 0. The van der Waals surface area contributed by atoms with Crippen LogP contribution in [0.25, 0.3) is 0 Å². The van der Waals surface area contributed by atoms with E-state index in [9.17, 15) is 4.79 Å². The Morgan fingerprint density at radius 1 is 1.07 bits per heavy atom. The first-order chi connectivity index (χ1) is 14.2. The van der Waals surface area contributed by atoms with E-state index in [4.69, 9.17) is 0 Å². The highest BCUT2D eigenvalue weighted by Crippen LogP contribution is 2.45. The van der Waals surface area contributed by atoms with Crippen LogP contribution in [-0.4, -0.2) is 27.5 Å². The van der Waals surface area contributed by atoms with Crippen molar-refractivity contribution in [2.75, 3.05) is 11.9 Å². The van der Waals surface area contributed by atoms with E-state index in [0.29, 0.717) is 24.7 Å². The minimum Gasteiger partial charge on any atom is -0.362 e. The van der Waals surface area contributed by atoms with E-state index in [-0.39, 0.29) is 5.78 Å². The summed E-state index contributed by atoms with van der Waals surface area (Å²) in [5, 5.41) is 13.0. The van der Waals surface area contributed by atoms with Crippen molar-refractivity contribution in [1.29, 1.82) is 0 Å². The van der Waals surface area contributed by atoms with Gasteiger partial charge in [-0.2, -0.15) is 10.2 Å². The fourth-order valence-corrected chi connectivity index (χ4v) is 4.83. The van der Waals surface area contributed by atoms with Crippen molar-refractivity contribution in [3.05, 3.63) is 70.5 Å². The van der Waals surface area contributed by atoms with Gasteiger partial charge >= 0.3 is 0 Å². The second kappa shape index (κ2) is 9.27. The normalized spacial score (nSPS) is 18.2. The predicted molar refractivity (Wildman–Crippen MR) is 116 cm³/mol. The fraction of sp³-hybridized carbons (Fsp3) is 0.391. The number of hydrogen-bond acceptors (Lipinski definition) is 6. The van der Waals surface area contributed by atoms with Crippen molar-refractivity contribution in [3.63, 3.8) is 0 Å². The number of Topliss-reactive ketones (excluding diaryl/α,β-unsaturated/α-hetero) is 1. The van der Waals surface area contributed by atoms with Crippen molar-refractivity contribution in [3.8, 4) is 0 Å². The zero-order chi connectivity index (χ0) is 20.1. The maximum absolute atomic E-state index is 12.2. The second-order valence-electron chi connectivity index (χ2n) is 7.73. The van der Waals surface area contributed by atoms with E-state index in [0.717, 1.165) is 35.0 Å². The van der Waals surface area contributed by atoms with Crippen LogP contribution in [-0.2, 0) is 24.1 Å². The molecule has 2 aromatic heterocycles. The Hall–Kier alpha value is -2.60. The van der Waals surface area contributed by atoms with Crippen LogP contribution in [0.1, 0.15) is 47.5 Å². The molecule has 0 spiro atoms. The molecule has 29 heavy (non-hydrogen) atoms. The van der Waals surface area contributed by atoms with E-state index < -0.39 is 0 Å². The van der Waals surface area contributed by atoms with Crippen LogP contribution in [0, 0.1) is 5.92 Å². The summed E-state index contributed by atoms with van der Waals surface area (Å²) in [6.07, 6.45) is 6.14. The van der Waals surface area contributed by atoms with Crippen molar-refractivity contribution in [2.24, 2.45) is 5.92 Å². The van der Waals surface area contributed by atoms with Gasteiger partial charge in [0.25, 0.3) is 0 Å². The van der Waals surface area contributed by atoms with E-state index in [1.807, 2.05) is 48.7 Å². The second-order valence-corrected chi connectivity index (χ2v) is 8.79. The van der Waals surface area contributed by atoms with Crippen LogP contribution in [0.5, 0.6) is 0 Å². The van der Waals surface area contributed by atoms with Gasteiger partial charge in [0.15, 0.2) is 5.13 Å². The monoisotopic (exact) mass is 406 g/mol. The standard InChI is InChI=1S/C23H26N4OS/c1-2-24-23-25-15-22(29-23)18-10-17(11-18)12-19-8-9-20(27-26-19)14-21(28)13-16-6-4-3-5-7-16/h3-9,15,17-18H,2,10-14H2,1H3,(H,24,25). The maximum Gasteiger partial charge on any atom is 0.182 e. The smallest absolute Gasteiger partial charge is 0.182 e. The molecular weight excluding hydrogens is 380 g/mol. The number of hydrogen-bond donors (Lipinski definition) is 1. The summed E-state index contributed by atoms with van der Waals surface area (Å²) in [5.41, 5.74) is 2.81. The van der Waals surface area contributed by atoms with Gasteiger partial charge in [0.05, 0.1) is 17.8 Å². The third kappa shape index (κ3) is 5.26. The number of anilines is 1. The number of thiazole rings is 1. The van der Waals surface area contributed by atoms with Crippen molar-refractivity contribution < 1.29 is 4.79 Å². The number of ketones is 1. The molecule has 6 heteroatoms. The number of aromatic nitrogens is 3. The quantitative estimate of drug-likeness (QED) is 0.568. The SMILES string of the molecule is CCNc1ncc(C2CC(Cc3ccc(CC(=O)Cc4ccccc4)nn3)C2)s1. The van der Waals surface area contributed by atoms with Gasteiger partial charge in [-0.3, -0.25) is 4.79 Å². The third-order valence-electron chi connectivity index (χ3n) is 5.38. The molecule has 1 aromatic carbocycles. The molecule has 0 aliphatic heterocycles. The average Bonchev–Trinajstić information content (AvgIpc) is 3.14. The number of nitrogens with zero attached hydrogens (tertiary/aromatic N) is 3. The molecule has 1 aliphatic rings. The number of benzene rings is 1. The van der Waals surface area contributed by atoms with E-state index >= 15 is 0 Å². The van der Waals surface area contributed by atoms with Gasteiger partial charge in [0, 0.05) is 24.0 Å². The number of rotatable bonds is 9. The van der Waals surface area contributed by atoms with Gasteiger partial charge in [-0.1, -0.05) is 30.3 Å². The third-order valence-corrected chi connectivity index (χ3v) is 6.50. The molecular formula is C23H26N4OS. The molecule has 0 saturated heterocycles. The van der Waals surface area contributed by atoms with Crippen LogP contribution in [0.2, 0.25) is 0 Å². The van der Waals surface area contributed by atoms with Crippen molar-refractivity contribution in [2.45, 2.75) is 44.9 Å². The highest BCUT2D eigenvalue weighted by molar-refractivity contribution is 7.15. The zero-order valence-electron chi connectivity index (χ0n) is 16.7. The van der Waals surface area contributed by atoms with Crippen LogP contribution < -0.4 is 5.32 Å². The lowest BCUT2D eigenvalue weighted by Crippen LogP contribution is -2.23. The Bertz CT molecular complexity index is 933. The van der Waals surface area contributed by atoms with E-state index in [1.54, 1.807) is 11.3 Å². The summed E-state index contributed by atoms with van der Waals surface area (Å²) in [6.45, 7) is 3.00. The topological polar surface area (TPSA) is 67.8 Å². The minimum atomic E-state index is 0.168. The molecule has 3 aromatic rings. The molecule has 1 fully saturated rings. The van der Waals surface area contributed by atoms with Crippen molar-refractivity contribution in [1.82, 2.24) is 15.2 Å². The lowest BCUT2D eigenvalue weighted by atomic mass is 9.72. The first-order valence-corrected chi connectivity index (χ1v) is 11.1. The average molecular weight is 407 g/mol. The highest BCUT2D eigenvalue weighted by atomic mass is 32.1. The lowest BCUT2D eigenvalue weighted by molar-refractivity contribution is -0.117. The summed E-state index contributed by atoms with van der Waals surface area (Å²) in [6, 6.07) is 13.8. The predicted octanol–water partition coefficient (Wildman–Crippen LogP) is 4.46. The maximum atomic E-state index is 12.2. The van der Waals surface area contributed by atoms with Crippen LogP contribution >= 0.6 is 11.3 Å². The van der Waals surface area contributed by atoms with Gasteiger partial charge in [0.2, 0.25) is 0 Å². The molecule has 150 valence electrons. The fourth-order valence-electron chi connectivity index (χ4n) is 3.82. The molecule has 0 amide bonds. The Morgan fingerprint density at radius 3 is 2.55 bits per heavy atom. The van der Waals surface area contributed by atoms with Gasteiger partial charge in [-0.25, -0.2) is 4.98 Å². The van der Waals surface area contributed by atoms with Gasteiger partial charge < -0.3 is 5.32 Å². The molecule has 0 bridgehead atoms. The largest absolute Gasteiger partial charge is 0.362 e. The Morgan fingerprint density at radius 2 is 1.83 bits per heavy atom. The summed E-state index contributed by atoms with van der Waals surface area (Å²) in [4.78, 5) is 18.1. The Balaban J connectivity index is 1.23. The van der Waals surface area contributed by atoms with Crippen LogP contribution in [0.3, 0.4) is 0 Å². The van der Waals surface area contributed by atoms with E-state index in [2.05, 4.69) is 27.4 Å². The Kier molecular flexibility index (Phi) is 6.30. The molecule has 1 N–H and O–H groups in total. The first kappa shape index (κ1) is 19.7. The number of carbonyl (C=O) groups is 1. The molecule has 0 unspecified atom stereocenters. The summed E-state index contributed by atoms with van der Waals surface area (Å²) >= 11 is 1.78. The molecule has 0 radical (unpaired) electrons. The molecule has 4 rings (SSSR count). The van der Waals surface area contributed by atoms with Gasteiger partial charge in [-0.15, -0.1) is 11.3 Å². The highest BCUT2D eigenvalue weighted by Gasteiger charge is 2.32. The van der Waals surface area contributed by atoms with Gasteiger partial charge in [-0.05, 0) is 55.7 Å². The van der Waals surface area contributed by atoms with Crippen LogP contribution in [0.4, 0.5) is 5.13 Å². The zero-order valence-corrected chi connectivity index (χ0v) is 17.5. The minimum absolute atomic E-state index is 0.168. The number of nitrogens with one attached hydrogen (secondary N) is 1. The van der Waals surface area contributed by atoms with Crippen LogP contribution in [0.15, 0.2) is 48.7 Å².